The number of amides is 1. The third kappa shape index (κ3) is 6.37. The molecule has 1 heterocycles. The number of nitrogens with two attached hydrogens (primary N) is 1. The highest BCUT2D eigenvalue weighted by molar-refractivity contribution is 9.10. The molecule has 1 atom stereocenters. The molecule has 4 nitrogen and oxygen atoms in total. The van der Waals surface area contributed by atoms with E-state index in [1.54, 1.807) is 0 Å². The van der Waals surface area contributed by atoms with Crippen LogP contribution in [0.1, 0.15) is 31.2 Å². The van der Waals surface area contributed by atoms with Crippen LogP contribution in [0.4, 0.5) is 4.39 Å². The molecule has 3 N–H and O–H groups in total. The van der Waals surface area contributed by atoms with Gasteiger partial charge in [-0.1, -0.05) is 28.4 Å². The Bertz CT molecular complexity index is 518. The Morgan fingerprint density at radius 1 is 1.43 bits per heavy atom. The average Bonchev–Trinajstić information content (AvgIpc) is 2.49. The van der Waals surface area contributed by atoms with Crippen molar-refractivity contribution in [3.8, 4) is 0 Å². The number of nitrogens with zero attached hydrogens (tertiary/aromatic N) is 1. The van der Waals surface area contributed by atoms with Crippen LogP contribution in [0.25, 0.3) is 0 Å². The fourth-order valence-electron chi connectivity index (χ4n) is 2.82. The number of likely N-dealkylation sites (tertiary alicyclic amines) is 1. The maximum Gasteiger partial charge on any atom is 0.221 e. The molecule has 1 fully saturated rings. The van der Waals surface area contributed by atoms with E-state index in [0.717, 1.165) is 30.3 Å². The van der Waals surface area contributed by atoms with E-state index in [2.05, 4.69) is 26.1 Å². The summed E-state index contributed by atoms with van der Waals surface area (Å²) in [7, 11) is 0. The fourth-order valence-corrected chi connectivity index (χ4v) is 3.15. The molecule has 1 aromatic rings. The van der Waals surface area contributed by atoms with Crippen LogP contribution in [0.15, 0.2) is 22.7 Å². The van der Waals surface area contributed by atoms with Gasteiger partial charge in [0.05, 0.1) is 0 Å². The lowest BCUT2D eigenvalue weighted by atomic mass is 10.0. The van der Waals surface area contributed by atoms with Crippen LogP contribution in [0.5, 0.6) is 0 Å². The zero-order valence-electron chi connectivity index (χ0n) is 13.1. The molecule has 130 valence electrons. The van der Waals surface area contributed by atoms with Crippen molar-refractivity contribution < 1.29 is 9.18 Å². The van der Waals surface area contributed by atoms with Crippen molar-refractivity contribution in [1.82, 2.24) is 10.2 Å². The second-order valence-corrected chi connectivity index (χ2v) is 6.61. The molecule has 0 radical (unpaired) electrons. The van der Waals surface area contributed by atoms with E-state index in [1.165, 1.54) is 6.07 Å². The molecular formula is C16H24BrClFN3O. The normalized spacial score (nSPS) is 18.3. The van der Waals surface area contributed by atoms with Gasteiger partial charge in [-0.3, -0.25) is 9.69 Å². The highest BCUT2D eigenvalue weighted by Gasteiger charge is 2.23. The largest absolute Gasteiger partial charge is 0.354 e. The molecule has 0 aromatic heterocycles. The SMILES string of the molecule is Cl.NCCC(=O)NCC1CCCCN1Cc1ccc(Br)cc1F. The Labute approximate surface area is 151 Å². The highest BCUT2D eigenvalue weighted by Crippen LogP contribution is 2.22. The van der Waals surface area contributed by atoms with E-state index in [1.807, 2.05) is 12.1 Å². The van der Waals surface area contributed by atoms with E-state index in [-0.39, 0.29) is 30.2 Å². The quantitative estimate of drug-likeness (QED) is 0.761. The molecular weight excluding hydrogens is 385 g/mol. The lowest BCUT2D eigenvalue weighted by Gasteiger charge is -2.36. The third-order valence-corrected chi connectivity index (χ3v) is 4.54. The van der Waals surface area contributed by atoms with Crippen LogP contribution < -0.4 is 11.1 Å². The van der Waals surface area contributed by atoms with Gasteiger partial charge in [-0.2, -0.15) is 0 Å². The van der Waals surface area contributed by atoms with Gasteiger partial charge in [0.1, 0.15) is 5.82 Å². The number of nitrogens with one attached hydrogen (secondary N) is 1. The first kappa shape index (κ1) is 20.4. The number of benzene rings is 1. The number of rotatable bonds is 6. The van der Waals surface area contributed by atoms with Crippen LogP contribution in [0, 0.1) is 5.82 Å². The molecule has 1 unspecified atom stereocenters. The van der Waals surface area contributed by atoms with Crippen molar-refractivity contribution in [1.29, 1.82) is 0 Å². The van der Waals surface area contributed by atoms with Crippen LogP contribution in [-0.2, 0) is 11.3 Å². The first-order valence-electron chi connectivity index (χ1n) is 7.75. The van der Waals surface area contributed by atoms with Crippen molar-refractivity contribution in [2.45, 2.75) is 38.3 Å². The molecule has 2 rings (SSSR count). The second kappa shape index (κ2) is 10.2. The van der Waals surface area contributed by atoms with Gasteiger partial charge in [0.2, 0.25) is 5.91 Å². The zero-order chi connectivity index (χ0) is 15.9. The molecule has 0 spiro atoms. The van der Waals surface area contributed by atoms with E-state index in [0.29, 0.717) is 31.6 Å². The van der Waals surface area contributed by atoms with Crippen LogP contribution >= 0.6 is 28.3 Å². The number of halogens is 3. The summed E-state index contributed by atoms with van der Waals surface area (Å²) in [5.74, 6) is -0.200. The Morgan fingerprint density at radius 3 is 2.91 bits per heavy atom. The van der Waals surface area contributed by atoms with Gasteiger partial charge in [0, 0.05) is 42.1 Å². The number of carbonyl (C=O) groups is 1. The highest BCUT2D eigenvalue weighted by atomic mass is 79.9. The summed E-state index contributed by atoms with van der Waals surface area (Å²) in [5, 5.41) is 2.93. The average molecular weight is 409 g/mol. The van der Waals surface area contributed by atoms with Gasteiger partial charge in [-0.15, -0.1) is 12.4 Å². The van der Waals surface area contributed by atoms with Gasteiger partial charge in [-0.05, 0) is 31.5 Å². The molecule has 7 heteroatoms. The summed E-state index contributed by atoms with van der Waals surface area (Å²) in [4.78, 5) is 13.8. The molecule has 23 heavy (non-hydrogen) atoms. The summed E-state index contributed by atoms with van der Waals surface area (Å²) in [6.45, 7) is 2.49. The summed E-state index contributed by atoms with van der Waals surface area (Å²) >= 11 is 3.28. The predicted octanol–water partition coefficient (Wildman–Crippen LogP) is 2.83. The van der Waals surface area contributed by atoms with Gasteiger partial charge in [0.25, 0.3) is 0 Å². The lowest BCUT2D eigenvalue weighted by molar-refractivity contribution is -0.121. The topological polar surface area (TPSA) is 58.4 Å². The summed E-state index contributed by atoms with van der Waals surface area (Å²) in [6.07, 6.45) is 3.65. The zero-order valence-corrected chi connectivity index (χ0v) is 15.5. The van der Waals surface area contributed by atoms with E-state index in [4.69, 9.17) is 5.73 Å². The molecule has 1 aromatic carbocycles. The van der Waals surface area contributed by atoms with Gasteiger partial charge >= 0.3 is 0 Å². The van der Waals surface area contributed by atoms with Crippen LogP contribution in [0.3, 0.4) is 0 Å². The standard InChI is InChI=1S/C16H23BrFN3O.ClH/c17-13-5-4-12(15(18)9-13)11-21-8-2-1-3-14(21)10-20-16(22)6-7-19;/h4-5,9,14H,1-3,6-8,10-11,19H2,(H,20,22);1H. The fraction of sp³-hybridized carbons (Fsp3) is 0.562. The Hall–Kier alpha value is -0.690. The number of carbonyl (C=O) groups excluding carboxylic acids is 1. The number of hydrogen-bond donors (Lipinski definition) is 2. The first-order chi connectivity index (χ1) is 10.6. The van der Waals surface area contributed by atoms with E-state index in [9.17, 15) is 9.18 Å². The summed E-state index contributed by atoms with van der Waals surface area (Å²) < 4.78 is 14.8. The van der Waals surface area contributed by atoms with Crippen molar-refractivity contribution in [2.24, 2.45) is 5.73 Å². The maximum absolute atomic E-state index is 14.0. The predicted molar refractivity (Wildman–Crippen MR) is 96.1 cm³/mol. The Balaban J connectivity index is 0.00000264. The molecule has 1 saturated heterocycles. The molecule has 1 amide bonds. The third-order valence-electron chi connectivity index (χ3n) is 4.04. The monoisotopic (exact) mass is 407 g/mol. The molecule has 0 aliphatic carbocycles. The minimum absolute atomic E-state index is 0. The van der Waals surface area contributed by atoms with Crippen molar-refractivity contribution in [2.75, 3.05) is 19.6 Å². The first-order valence-corrected chi connectivity index (χ1v) is 8.54. The minimum Gasteiger partial charge on any atom is -0.354 e. The molecule has 1 aliphatic rings. The van der Waals surface area contributed by atoms with E-state index >= 15 is 0 Å². The lowest BCUT2D eigenvalue weighted by Crippen LogP contribution is -2.46. The molecule has 0 bridgehead atoms. The number of piperidine rings is 1. The van der Waals surface area contributed by atoms with Gasteiger partial charge < -0.3 is 11.1 Å². The summed E-state index contributed by atoms with van der Waals surface area (Å²) in [5.41, 5.74) is 6.08. The molecule has 1 aliphatic heterocycles. The maximum atomic E-state index is 14.0. The second-order valence-electron chi connectivity index (χ2n) is 5.70. The van der Waals surface area contributed by atoms with Crippen molar-refractivity contribution in [3.05, 3.63) is 34.1 Å². The van der Waals surface area contributed by atoms with Crippen molar-refractivity contribution in [3.63, 3.8) is 0 Å². The van der Waals surface area contributed by atoms with E-state index < -0.39 is 0 Å². The summed E-state index contributed by atoms with van der Waals surface area (Å²) in [6, 6.07) is 5.44. The Morgan fingerprint density at radius 2 is 2.22 bits per heavy atom. The minimum atomic E-state index is -0.189. The molecule has 0 saturated carbocycles. The van der Waals surface area contributed by atoms with Crippen LogP contribution in [-0.4, -0.2) is 36.5 Å². The van der Waals surface area contributed by atoms with Crippen molar-refractivity contribution >= 4 is 34.2 Å². The van der Waals surface area contributed by atoms with Gasteiger partial charge in [0.15, 0.2) is 0 Å². The van der Waals surface area contributed by atoms with Gasteiger partial charge in [-0.25, -0.2) is 4.39 Å². The van der Waals surface area contributed by atoms with Crippen LogP contribution in [0.2, 0.25) is 0 Å². The Kier molecular flexibility index (Phi) is 9.06. The smallest absolute Gasteiger partial charge is 0.221 e. The number of hydrogen-bond acceptors (Lipinski definition) is 3.